The number of guanidine groups is 1. The van der Waals surface area contributed by atoms with Crippen molar-refractivity contribution in [2.45, 2.75) is 6.10 Å². The average molecular weight is 191 g/mol. The van der Waals surface area contributed by atoms with Crippen molar-refractivity contribution in [2.24, 2.45) is 4.99 Å². The van der Waals surface area contributed by atoms with Gasteiger partial charge in [0, 0.05) is 12.2 Å². The first-order valence-corrected chi connectivity index (χ1v) is 4.63. The minimum Gasteiger partial charge on any atom is -0.389 e. The molecular weight excluding hydrogens is 178 g/mol. The molecular formula is C10H13N3O. The fourth-order valence-corrected chi connectivity index (χ4v) is 1.27. The number of aliphatic hydroxyl groups excluding tert-OH is 1. The monoisotopic (exact) mass is 191 g/mol. The third kappa shape index (κ3) is 2.23. The topological polar surface area (TPSA) is 56.7 Å². The highest BCUT2D eigenvalue weighted by atomic mass is 16.3. The normalized spacial score (nSPS) is 20.9. The first-order chi connectivity index (χ1) is 6.84. The van der Waals surface area contributed by atoms with Gasteiger partial charge in [-0.3, -0.25) is 4.99 Å². The van der Waals surface area contributed by atoms with E-state index in [0.29, 0.717) is 13.1 Å². The van der Waals surface area contributed by atoms with Crippen LogP contribution < -0.4 is 10.6 Å². The summed E-state index contributed by atoms with van der Waals surface area (Å²) >= 11 is 0. The molecule has 1 aromatic carbocycles. The largest absolute Gasteiger partial charge is 0.389 e. The van der Waals surface area contributed by atoms with Crippen LogP contribution in [-0.4, -0.2) is 30.3 Å². The highest BCUT2D eigenvalue weighted by molar-refractivity contribution is 5.93. The van der Waals surface area contributed by atoms with Gasteiger partial charge in [0.15, 0.2) is 5.96 Å². The molecule has 1 heterocycles. The van der Waals surface area contributed by atoms with Crippen LogP contribution in [0.3, 0.4) is 0 Å². The fraction of sp³-hybridized carbons (Fsp3) is 0.300. The molecule has 2 rings (SSSR count). The van der Waals surface area contributed by atoms with E-state index in [-0.39, 0.29) is 6.10 Å². The molecule has 1 aliphatic heterocycles. The SMILES string of the molecule is OC1CN=C(Nc2ccccc2)NC1. The van der Waals surface area contributed by atoms with Crippen molar-refractivity contribution in [3.8, 4) is 0 Å². The molecule has 1 atom stereocenters. The Balaban J connectivity index is 1.99. The van der Waals surface area contributed by atoms with Gasteiger partial charge < -0.3 is 15.7 Å². The third-order valence-electron chi connectivity index (χ3n) is 2.00. The first-order valence-electron chi connectivity index (χ1n) is 4.63. The number of aliphatic hydroxyl groups is 1. The molecule has 1 unspecified atom stereocenters. The molecule has 1 aliphatic rings. The molecule has 0 amide bonds. The summed E-state index contributed by atoms with van der Waals surface area (Å²) in [5, 5.41) is 15.3. The molecule has 0 fully saturated rings. The summed E-state index contributed by atoms with van der Waals surface area (Å²) in [4.78, 5) is 4.15. The number of nitrogens with zero attached hydrogens (tertiary/aromatic N) is 1. The molecule has 4 heteroatoms. The van der Waals surface area contributed by atoms with Gasteiger partial charge in [-0.05, 0) is 12.1 Å². The van der Waals surface area contributed by atoms with Crippen LogP contribution in [0.2, 0.25) is 0 Å². The zero-order chi connectivity index (χ0) is 9.80. The standard InChI is InChI=1S/C10H13N3O/c14-9-6-11-10(12-7-9)13-8-4-2-1-3-5-8/h1-5,9,14H,6-7H2,(H2,11,12,13). The van der Waals surface area contributed by atoms with Crippen LogP contribution >= 0.6 is 0 Å². The maximum Gasteiger partial charge on any atom is 0.195 e. The van der Waals surface area contributed by atoms with Crippen molar-refractivity contribution in [1.29, 1.82) is 0 Å². The second kappa shape index (κ2) is 4.11. The van der Waals surface area contributed by atoms with Crippen LogP contribution in [0.25, 0.3) is 0 Å². The lowest BCUT2D eigenvalue weighted by Gasteiger charge is -2.19. The lowest BCUT2D eigenvalue weighted by molar-refractivity contribution is 0.181. The number of hydrogen-bond acceptors (Lipinski definition) is 4. The average Bonchev–Trinajstić information content (AvgIpc) is 2.23. The lowest BCUT2D eigenvalue weighted by Crippen LogP contribution is -2.42. The molecule has 0 spiro atoms. The highest BCUT2D eigenvalue weighted by Gasteiger charge is 2.10. The van der Waals surface area contributed by atoms with Crippen molar-refractivity contribution in [3.63, 3.8) is 0 Å². The van der Waals surface area contributed by atoms with Crippen molar-refractivity contribution < 1.29 is 5.11 Å². The lowest BCUT2D eigenvalue weighted by atomic mass is 10.3. The third-order valence-corrected chi connectivity index (χ3v) is 2.00. The van der Waals surface area contributed by atoms with Crippen molar-refractivity contribution >= 4 is 11.6 Å². The molecule has 0 radical (unpaired) electrons. The Morgan fingerprint density at radius 1 is 1.36 bits per heavy atom. The van der Waals surface area contributed by atoms with E-state index in [0.717, 1.165) is 11.6 Å². The summed E-state index contributed by atoms with van der Waals surface area (Å²) in [6.45, 7) is 1.01. The molecule has 14 heavy (non-hydrogen) atoms. The Kier molecular flexibility index (Phi) is 2.65. The molecule has 0 aromatic heterocycles. The number of hydrogen-bond donors (Lipinski definition) is 3. The zero-order valence-electron chi connectivity index (χ0n) is 7.77. The quantitative estimate of drug-likeness (QED) is 0.603. The van der Waals surface area contributed by atoms with E-state index in [2.05, 4.69) is 15.6 Å². The van der Waals surface area contributed by atoms with Gasteiger partial charge in [-0.2, -0.15) is 0 Å². The Hall–Kier alpha value is -1.55. The van der Waals surface area contributed by atoms with Crippen molar-refractivity contribution in [2.75, 3.05) is 18.4 Å². The van der Waals surface area contributed by atoms with Crippen molar-refractivity contribution in [1.82, 2.24) is 5.32 Å². The molecule has 0 aliphatic carbocycles. The zero-order valence-corrected chi connectivity index (χ0v) is 7.77. The number of nitrogens with one attached hydrogen (secondary N) is 2. The number of anilines is 1. The van der Waals surface area contributed by atoms with Crippen LogP contribution in [0.5, 0.6) is 0 Å². The summed E-state index contributed by atoms with van der Waals surface area (Å²) in [6.07, 6.45) is -0.365. The minimum absolute atomic E-state index is 0.365. The number of para-hydroxylation sites is 1. The van der Waals surface area contributed by atoms with Gasteiger partial charge in [-0.1, -0.05) is 18.2 Å². The molecule has 4 nitrogen and oxygen atoms in total. The van der Waals surface area contributed by atoms with E-state index < -0.39 is 0 Å². The van der Waals surface area contributed by atoms with Crippen LogP contribution in [0, 0.1) is 0 Å². The number of aliphatic imine (C=N–C) groups is 1. The maximum atomic E-state index is 9.20. The summed E-state index contributed by atoms with van der Waals surface area (Å²) < 4.78 is 0. The summed E-state index contributed by atoms with van der Waals surface area (Å²) in [5.41, 5.74) is 0.995. The Bertz CT molecular complexity index is 323. The van der Waals surface area contributed by atoms with Crippen LogP contribution in [0.4, 0.5) is 5.69 Å². The second-order valence-corrected chi connectivity index (χ2v) is 3.22. The Morgan fingerprint density at radius 2 is 2.14 bits per heavy atom. The smallest absolute Gasteiger partial charge is 0.195 e. The van der Waals surface area contributed by atoms with Gasteiger partial charge in [0.05, 0.1) is 12.6 Å². The summed E-state index contributed by atoms with van der Waals surface area (Å²) in [5.74, 6) is 0.724. The van der Waals surface area contributed by atoms with Gasteiger partial charge in [0.2, 0.25) is 0 Å². The number of benzene rings is 1. The first kappa shape index (κ1) is 9.02. The van der Waals surface area contributed by atoms with E-state index >= 15 is 0 Å². The highest BCUT2D eigenvalue weighted by Crippen LogP contribution is 2.05. The molecule has 0 saturated carbocycles. The van der Waals surface area contributed by atoms with E-state index in [1.165, 1.54) is 0 Å². The Labute approximate surface area is 82.7 Å². The van der Waals surface area contributed by atoms with E-state index in [1.54, 1.807) is 0 Å². The number of rotatable bonds is 1. The molecule has 0 saturated heterocycles. The van der Waals surface area contributed by atoms with E-state index in [9.17, 15) is 5.11 Å². The fourth-order valence-electron chi connectivity index (χ4n) is 1.27. The van der Waals surface area contributed by atoms with Crippen LogP contribution in [-0.2, 0) is 0 Å². The van der Waals surface area contributed by atoms with Gasteiger partial charge in [-0.15, -0.1) is 0 Å². The van der Waals surface area contributed by atoms with Gasteiger partial charge in [0.25, 0.3) is 0 Å². The summed E-state index contributed by atoms with van der Waals surface area (Å²) in [6, 6.07) is 9.82. The van der Waals surface area contributed by atoms with Crippen LogP contribution in [0.15, 0.2) is 35.3 Å². The van der Waals surface area contributed by atoms with Gasteiger partial charge >= 0.3 is 0 Å². The maximum absolute atomic E-state index is 9.20. The molecule has 74 valence electrons. The van der Waals surface area contributed by atoms with Crippen LogP contribution in [0.1, 0.15) is 0 Å². The predicted molar refractivity (Wildman–Crippen MR) is 56.4 cm³/mol. The van der Waals surface area contributed by atoms with Gasteiger partial charge in [-0.25, -0.2) is 0 Å². The minimum atomic E-state index is -0.365. The summed E-state index contributed by atoms with van der Waals surface area (Å²) in [7, 11) is 0. The Morgan fingerprint density at radius 3 is 2.79 bits per heavy atom. The van der Waals surface area contributed by atoms with Gasteiger partial charge in [0.1, 0.15) is 0 Å². The van der Waals surface area contributed by atoms with Crippen molar-refractivity contribution in [3.05, 3.63) is 30.3 Å². The molecule has 1 aromatic rings. The molecule has 0 bridgehead atoms. The number of β-amino-alcohol motifs (C(OH)–C–C–N with tert-alkyl or cyclic N) is 1. The predicted octanol–water partition coefficient (Wildman–Crippen LogP) is 0.419. The molecule has 3 N–H and O–H groups in total. The second-order valence-electron chi connectivity index (χ2n) is 3.22. The van der Waals surface area contributed by atoms with E-state index in [1.807, 2.05) is 30.3 Å². The van der Waals surface area contributed by atoms with E-state index in [4.69, 9.17) is 0 Å².